The lowest BCUT2D eigenvalue weighted by Crippen LogP contribution is -2.44. The predicted molar refractivity (Wildman–Crippen MR) is 112 cm³/mol. The summed E-state index contributed by atoms with van der Waals surface area (Å²) >= 11 is 0. The van der Waals surface area contributed by atoms with E-state index in [1.807, 2.05) is 41.8 Å². The summed E-state index contributed by atoms with van der Waals surface area (Å²) in [6, 6.07) is 9.71. The van der Waals surface area contributed by atoms with E-state index in [1.165, 1.54) is 0 Å². The smallest absolute Gasteiger partial charge is 0.191 e. The Morgan fingerprint density at radius 3 is 2.77 bits per heavy atom. The fourth-order valence-electron chi connectivity index (χ4n) is 2.74. The van der Waals surface area contributed by atoms with Gasteiger partial charge in [0.1, 0.15) is 12.9 Å². The molecule has 8 nitrogen and oxygen atoms in total. The van der Waals surface area contributed by atoms with Crippen molar-refractivity contribution in [3.05, 3.63) is 42.5 Å². The first-order chi connectivity index (χ1) is 12.1. The first kappa shape index (κ1) is 20.6. The summed E-state index contributed by atoms with van der Waals surface area (Å²) in [5.74, 6) is 1.68. The molecule has 1 unspecified atom stereocenters. The third kappa shape index (κ3) is 5.40. The number of nitrogens with zero attached hydrogens (tertiary/aromatic N) is 4. The molecule has 2 heterocycles. The number of benzene rings is 1. The number of aliphatic imine (C=N–C) groups is 1. The Morgan fingerprint density at radius 1 is 1.35 bits per heavy atom. The van der Waals surface area contributed by atoms with Crippen LogP contribution >= 0.6 is 24.0 Å². The van der Waals surface area contributed by atoms with Gasteiger partial charge in [0.25, 0.3) is 0 Å². The zero-order chi connectivity index (χ0) is 17.7. The van der Waals surface area contributed by atoms with Crippen LogP contribution in [-0.4, -0.2) is 53.2 Å². The van der Waals surface area contributed by atoms with Gasteiger partial charge < -0.3 is 10.6 Å². The first-order valence-electron chi connectivity index (χ1n) is 8.27. The first-order valence-corrected chi connectivity index (χ1v) is 10.1. The summed E-state index contributed by atoms with van der Waals surface area (Å²) in [6.07, 6.45) is 2.26. The van der Waals surface area contributed by atoms with Crippen molar-refractivity contribution in [2.75, 3.05) is 18.1 Å². The van der Waals surface area contributed by atoms with Gasteiger partial charge >= 0.3 is 0 Å². The molecule has 1 fully saturated rings. The minimum Gasteiger partial charge on any atom is -0.357 e. The van der Waals surface area contributed by atoms with Crippen LogP contribution in [0.5, 0.6) is 0 Å². The molecule has 1 aliphatic rings. The molecule has 142 valence electrons. The summed E-state index contributed by atoms with van der Waals surface area (Å²) in [5, 5.41) is 14.4. The van der Waals surface area contributed by atoms with E-state index in [-0.39, 0.29) is 41.5 Å². The molecule has 0 radical (unpaired) electrons. The minimum atomic E-state index is -2.93. The Bertz CT molecular complexity index is 837. The molecule has 10 heteroatoms. The van der Waals surface area contributed by atoms with Crippen molar-refractivity contribution < 1.29 is 8.42 Å². The lowest BCUT2D eigenvalue weighted by molar-refractivity contribution is 0.599. The monoisotopic (exact) mass is 490 g/mol. The third-order valence-electron chi connectivity index (χ3n) is 3.95. The number of sulfone groups is 1. The fourth-order valence-corrected chi connectivity index (χ4v) is 4.42. The summed E-state index contributed by atoms with van der Waals surface area (Å²) in [4.78, 5) is 4.53. The van der Waals surface area contributed by atoms with Crippen molar-refractivity contribution in [2.24, 2.45) is 4.99 Å². The summed E-state index contributed by atoms with van der Waals surface area (Å²) in [6.45, 7) is 3.00. The molecule has 1 aliphatic heterocycles. The van der Waals surface area contributed by atoms with Gasteiger partial charge in [-0.3, -0.25) is 4.57 Å². The highest BCUT2D eigenvalue weighted by atomic mass is 127. The molecule has 0 saturated carbocycles. The highest BCUT2D eigenvalue weighted by Gasteiger charge is 2.28. The van der Waals surface area contributed by atoms with Crippen molar-refractivity contribution in [3.63, 3.8) is 0 Å². The predicted octanol–water partition coefficient (Wildman–Crippen LogP) is 1.13. The molecular weight excluding hydrogens is 467 g/mol. The van der Waals surface area contributed by atoms with E-state index in [9.17, 15) is 8.42 Å². The van der Waals surface area contributed by atoms with Crippen LogP contribution in [0.1, 0.15) is 19.2 Å². The maximum absolute atomic E-state index is 11.6. The van der Waals surface area contributed by atoms with Gasteiger partial charge in [-0.2, -0.15) is 0 Å². The quantitative estimate of drug-likeness (QED) is 0.370. The zero-order valence-electron chi connectivity index (χ0n) is 14.5. The number of guanidine groups is 1. The van der Waals surface area contributed by atoms with Crippen LogP contribution in [0.2, 0.25) is 0 Å². The van der Waals surface area contributed by atoms with Crippen molar-refractivity contribution in [2.45, 2.75) is 25.9 Å². The topological polar surface area (TPSA) is 101 Å². The van der Waals surface area contributed by atoms with Crippen LogP contribution in [0, 0.1) is 0 Å². The average molecular weight is 490 g/mol. The van der Waals surface area contributed by atoms with E-state index in [2.05, 4.69) is 25.8 Å². The summed E-state index contributed by atoms with van der Waals surface area (Å²) in [5.41, 5.74) is 0.970. The number of nitrogens with one attached hydrogen (secondary N) is 2. The van der Waals surface area contributed by atoms with Gasteiger partial charge in [0.2, 0.25) is 0 Å². The van der Waals surface area contributed by atoms with Crippen LogP contribution in [0.25, 0.3) is 5.69 Å². The maximum atomic E-state index is 11.6. The SMILES string of the molecule is CCNC(=NCc1nncn1-c1ccccc1)NC1CCS(=O)(=O)C1.I. The molecule has 2 aromatic rings. The van der Waals surface area contributed by atoms with Crippen LogP contribution in [0.3, 0.4) is 0 Å². The van der Waals surface area contributed by atoms with Gasteiger partial charge in [0, 0.05) is 18.3 Å². The molecule has 1 aromatic carbocycles. The molecule has 0 bridgehead atoms. The number of rotatable bonds is 5. The number of para-hydroxylation sites is 1. The van der Waals surface area contributed by atoms with Gasteiger partial charge in [-0.05, 0) is 25.5 Å². The van der Waals surface area contributed by atoms with Crippen LogP contribution < -0.4 is 10.6 Å². The molecule has 1 saturated heterocycles. The Labute approximate surface area is 170 Å². The second-order valence-electron chi connectivity index (χ2n) is 5.89. The van der Waals surface area contributed by atoms with E-state index in [4.69, 9.17) is 0 Å². The molecule has 1 atom stereocenters. The molecular formula is C16H23IN6O2S. The fraction of sp³-hybridized carbons (Fsp3) is 0.438. The summed E-state index contributed by atoms with van der Waals surface area (Å²) in [7, 11) is -2.93. The van der Waals surface area contributed by atoms with E-state index < -0.39 is 9.84 Å². The third-order valence-corrected chi connectivity index (χ3v) is 5.72. The van der Waals surface area contributed by atoms with Gasteiger partial charge in [-0.15, -0.1) is 34.2 Å². The van der Waals surface area contributed by atoms with Gasteiger partial charge in [-0.1, -0.05) is 18.2 Å². The van der Waals surface area contributed by atoms with Gasteiger partial charge in [-0.25, -0.2) is 13.4 Å². The number of hydrogen-bond donors (Lipinski definition) is 2. The maximum Gasteiger partial charge on any atom is 0.191 e. The Kier molecular flexibility index (Phi) is 7.38. The van der Waals surface area contributed by atoms with Crippen LogP contribution in [0.4, 0.5) is 0 Å². The second-order valence-corrected chi connectivity index (χ2v) is 8.12. The standard InChI is InChI=1S/C16H22N6O2S.HI/c1-2-17-16(20-13-8-9-25(23,24)11-13)18-10-15-21-19-12-22(15)14-6-4-3-5-7-14;/h3-7,12-13H,2,8-11H2,1H3,(H2,17,18,20);1H. The Hall–Kier alpha value is -1.69. The molecule has 0 amide bonds. The van der Waals surface area contributed by atoms with Crippen LogP contribution in [-0.2, 0) is 16.4 Å². The number of aromatic nitrogens is 3. The highest BCUT2D eigenvalue weighted by molar-refractivity contribution is 14.0. The van der Waals surface area contributed by atoms with Crippen molar-refractivity contribution in [3.8, 4) is 5.69 Å². The lowest BCUT2D eigenvalue weighted by atomic mass is 10.3. The van der Waals surface area contributed by atoms with E-state index >= 15 is 0 Å². The molecule has 2 N–H and O–H groups in total. The Balaban J connectivity index is 0.00000243. The largest absolute Gasteiger partial charge is 0.357 e. The van der Waals surface area contributed by atoms with E-state index in [1.54, 1.807) is 6.33 Å². The molecule has 26 heavy (non-hydrogen) atoms. The number of hydrogen-bond acceptors (Lipinski definition) is 5. The highest BCUT2D eigenvalue weighted by Crippen LogP contribution is 2.12. The lowest BCUT2D eigenvalue weighted by Gasteiger charge is -2.15. The molecule has 0 aliphatic carbocycles. The Morgan fingerprint density at radius 2 is 2.12 bits per heavy atom. The zero-order valence-corrected chi connectivity index (χ0v) is 17.6. The number of halogens is 1. The van der Waals surface area contributed by atoms with Crippen LogP contribution in [0.15, 0.2) is 41.7 Å². The average Bonchev–Trinajstić information content (AvgIpc) is 3.20. The van der Waals surface area contributed by atoms with E-state index in [0.717, 1.165) is 5.69 Å². The minimum absolute atomic E-state index is 0. The van der Waals surface area contributed by atoms with Crippen molar-refractivity contribution >= 4 is 39.8 Å². The van der Waals surface area contributed by atoms with Crippen molar-refractivity contribution in [1.82, 2.24) is 25.4 Å². The molecule has 3 rings (SSSR count). The summed E-state index contributed by atoms with van der Waals surface area (Å²) < 4.78 is 25.1. The van der Waals surface area contributed by atoms with Gasteiger partial charge in [0.15, 0.2) is 21.6 Å². The van der Waals surface area contributed by atoms with Gasteiger partial charge in [0.05, 0.1) is 11.5 Å². The van der Waals surface area contributed by atoms with E-state index in [0.29, 0.717) is 31.3 Å². The molecule has 0 spiro atoms. The second kappa shape index (κ2) is 9.31. The molecule has 1 aromatic heterocycles. The normalized spacial score (nSPS) is 19.0. The van der Waals surface area contributed by atoms with Crippen molar-refractivity contribution in [1.29, 1.82) is 0 Å².